The minimum absolute atomic E-state index is 0. The number of hydrogen-bond donors (Lipinski definition) is 1. The molecule has 0 saturated heterocycles. The Hall–Kier alpha value is -2.36. The molecule has 0 aliphatic carbocycles. The number of benzene rings is 3. The summed E-state index contributed by atoms with van der Waals surface area (Å²) >= 11 is 0. The summed E-state index contributed by atoms with van der Waals surface area (Å²) in [4.78, 5) is 0. The predicted molar refractivity (Wildman–Crippen MR) is 115 cm³/mol. The van der Waals surface area contributed by atoms with E-state index in [1.54, 1.807) is 12.1 Å². The van der Waals surface area contributed by atoms with E-state index in [-0.39, 0.29) is 18.2 Å². The van der Waals surface area contributed by atoms with Crippen LogP contribution in [0.25, 0.3) is 0 Å². The van der Waals surface area contributed by atoms with Crippen molar-refractivity contribution in [3.05, 3.63) is 101 Å². The maximum Gasteiger partial charge on any atom is 0.124 e. The molecule has 0 bridgehead atoms. The van der Waals surface area contributed by atoms with Crippen LogP contribution in [0.1, 0.15) is 30.0 Å². The Bertz CT molecular complexity index is 824. The van der Waals surface area contributed by atoms with Gasteiger partial charge in [0.1, 0.15) is 18.2 Å². The first-order chi connectivity index (χ1) is 13.2. The summed E-state index contributed by atoms with van der Waals surface area (Å²) in [5, 5.41) is 3.59. The van der Waals surface area contributed by atoms with E-state index in [1.807, 2.05) is 24.3 Å². The van der Waals surface area contributed by atoms with Gasteiger partial charge in [-0.3, -0.25) is 0 Å². The van der Waals surface area contributed by atoms with Crippen molar-refractivity contribution < 1.29 is 9.13 Å². The van der Waals surface area contributed by atoms with Gasteiger partial charge in [-0.05, 0) is 49.1 Å². The fourth-order valence-corrected chi connectivity index (χ4v) is 2.95. The fraction of sp³-hybridized carbons (Fsp3) is 0.250. The highest BCUT2D eigenvalue weighted by atomic mass is 35.5. The highest BCUT2D eigenvalue weighted by molar-refractivity contribution is 5.85. The zero-order chi connectivity index (χ0) is 18.9. The molecular weight excluding hydrogens is 373 g/mol. The highest BCUT2D eigenvalue weighted by Crippen LogP contribution is 2.20. The minimum atomic E-state index is -0.229. The van der Waals surface area contributed by atoms with E-state index in [0.717, 1.165) is 36.3 Å². The van der Waals surface area contributed by atoms with Crippen LogP contribution in [-0.4, -0.2) is 6.04 Å². The number of ether oxygens (including phenoxy) is 1. The normalized spacial score (nSPS) is 11.5. The van der Waals surface area contributed by atoms with Gasteiger partial charge in [-0.25, -0.2) is 4.39 Å². The summed E-state index contributed by atoms with van der Waals surface area (Å²) in [6.45, 7) is 3.40. The van der Waals surface area contributed by atoms with Gasteiger partial charge < -0.3 is 10.1 Å². The Morgan fingerprint density at radius 1 is 0.857 bits per heavy atom. The van der Waals surface area contributed by atoms with Crippen LogP contribution < -0.4 is 10.1 Å². The Labute approximate surface area is 173 Å². The van der Waals surface area contributed by atoms with Crippen molar-refractivity contribution in [1.82, 2.24) is 5.32 Å². The molecule has 0 amide bonds. The van der Waals surface area contributed by atoms with E-state index in [0.29, 0.717) is 12.6 Å². The molecule has 0 saturated carbocycles. The molecule has 3 aromatic rings. The van der Waals surface area contributed by atoms with Crippen LogP contribution in [0.4, 0.5) is 4.39 Å². The van der Waals surface area contributed by atoms with E-state index < -0.39 is 0 Å². The molecule has 28 heavy (non-hydrogen) atoms. The molecule has 1 unspecified atom stereocenters. The third kappa shape index (κ3) is 6.99. The lowest BCUT2D eigenvalue weighted by Crippen LogP contribution is -2.26. The summed E-state index contributed by atoms with van der Waals surface area (Å²) in [5.41, 5.74) is 3.45. The Morgan fingerprint density at radius 2 is 1.54 bits per heavy atom. The maximum absolute atomic E-state index is 13.0. The molecule has 1 N–H and O–H groups in total. The fourth-order valence-electron chi connectivity index (χ4n) is 2.95. The molecule has 0 radical (unpaired) electrons. The van der Waals surface area contributed by atoms with Gasteiger partial charge in [-0.2, -0.15) is 0 Å². The van der Waals surface area contributed by atoms with Crippen molar-refractivity contribution in [3.63, 3.8) is 0 Å². The van der Waals surface area contributed by atoms with Crippen LogP contribution in [0.5, 0.6) is 5.75 Å². The molecule has 3 rings (SSSR count). The number of hydrogen-bond acceptors (Lipinski definition) is 2. The van der Waals surface area contributed by atoms with E-state index in [2.05, 4.69) is 42.6 Å². The second-order valence-corrected chi connectivity index (χ2v) is 6.83. The van der Waals surface area contributed by atoms with Crippen LogP contribution in [0.3, 0.4) is 0 Å². The van der Waals surface area contributed by atoms with Crippen LogP contribution in [0.2, 0.25) is 0 Å². The third-order valence-electron chi connectivity index (χ3n) is 4.63. The van der Waals surface area contributed by atoms with E-state index in [4.69, 9.17) is 4.74 Å². The summed E-state index contributed by atoms with van der Waals surface area (Å²) in [6.07, 6.45) is 2.15. The van der Waals surface area contributed by atoms with Crippen LogP contribution in [0, 0.1) is 5.82 Å². The van der Waals surface area contributed by atoms with Gasteiger partial charge in [-0.1, -0.05) is 60.7 Å². The molecule has 2 nitrogen and oxygen atoms in total. The molecular formula is C24H27ClFNO. The lowest BCUT2D eigenvalue weighted by molar-refractivity contribution is 0.301. The number of rotatable bonds is 9. The zero-order valence-corrected chi connectivity index (χ0v) is 16.9. The molecule has 3 aromatic carbocycles. The molecule has 0 aliphatic heterocycles. The Balaban J connectivity index is 0.00000280. The van der Waals surface area contributed by atoms with Crippen molar-refractivity contribution in [3.8, 4) is 5.75 Å². The molecule has 0 aliphatic rings. The average molecular weight is 400 g/mol. The molecule has 0 fully saturated rings. The van der Waals surface area contributed by atoms with Gasteiger partial charge in [0.05, 0.1) is 0 Å². The predicted octanol–water partition coefficient (Wildman–Crippen LogP) is 5.94. The minimum Gasteiger partial charge on any atom is -0.489 e. The molecule has 1 atom stereocenters. The lowest BCUT2D eigenvalue weighted by Gasteiger charge is -2.16. The Morgan fingerprint density at radius 3 is 2.29 bits per heavy atom. The van der Waals surface area contributed by atoms with Crippen molar-refractivity contribution >= 4 is 12.4 Å². The molecule has 4 heteroatoms. The standard InChI is InChI=1S/C24H26FNO.ClH/c1-19(11-12-20-7-3-2-4-8-20)26-17-22-9-5-6-10-24(22)27-18-21-13-15-23(25)16-14-21;/h2-10,13-16,19,26H,11-12,17-18H2,1H3;1H. The molecule has 0 heterocycles. The second-order valence-electron chi connectivity index (χ2n) is 6.83. The van der Waals surface area contributed by atoms with E-state index in [9.17, 15) is 4.39 Å². The highest BCUT2D eigenvalue weighted by Gasteiger charge is 2.07. The lowest BCUT2D eigenvalue weighted by atomic mass is 10.1. The average Bonchev–Trinajstić information content (AvgIpc) is 2.71. The zero-order valence-electron chi connectivity index (χ0n) is 16.1. The van der Waals surface area contributed by atoms with Crippen LogP contribution in [-0.2, 0) is 19.6 Å². The van der Waals surface area contributed by atoms with Gasteiger partial charge in [-0.15, -0.1) is 12.4 Å². The molecule has 148 valence electrons. The van der Waals surface area contributed by atoms with E-state index in [1.165, 1.54) is 17.7 Å². The van der Waals surface area contributed by atoms with Gasteiger partial charge in [0.2, 0.25) is 0 Å². The first kappa shape index (κ1) is 21.9. The van der Waals surface area contributed by atoms with Crippen LogP contribution >= 0.6 is 12.4 Å². The second kappa shape index (κ2) is 11.5. The quantitative estimate of drug-likeness (QED) is 0.481. The van der Waals surface area contributed by atoms with Crippen molar-refractivity contribution in [2.75, 3.05) is 0 Å². The summed E-state index contributed by atoms with van der Waals surface area (Å²) in [6, 6.07) is 25.5. The number of nitrogens with one attached hydrogen (secondary N) is 1. The first-order valence-electron chi connectivity index (χ1n) is 9.43. The maximum atomic E-state index is 13.0. The third-order valence-corrected chi connectivity index (χ3v) is 4.63. The monoisotopic (exact) mass is 399 g/mol. The number of para-hydroxylation sites is 1. The largest absolute Gasteiger partial charge is 0.489 e. The van der Waals surface area contributed by atoms with Crippen molar-refractivity contribution in [2.45, 2.75) is 39.0 Å². The van der Waals surface area contributed by atoms with Crippen molar-refractivity contribution in [2.24, 2.45) is 0 Å². The van der Waals surface area contributed by atoms with Gasteiger partial charge in [0.25, 0.3) is 0 Å². The smallest absolute Gasteiger partial charge is 0.124 e. The van der Waals surface area contributed by atoms with Crippen molar-refractivity contribution in [1.29, 1.82) is 0 Å². The summed E-state index contributed by atoms with van der Waals surface area (Å²) < 4.78 is 19.0. The first-order valence-corrected chi connectivity index (χ1v) is 9.43. The summed E-state index contributed by atoms with van der Waals surface area (Å²) in [5.74, 6) is 0.637. The Kier molecular flexibility index (Phi) is 8.99. The summed E-state index contributed by atoms with van der Waals surface area (Å²) in [7, 11) is 0. The van der Waals surface area contributed by atoms with Gasteiger partial charge in [0.15, 0.2) is 0 Å². The molecule has 0 spiro atoms. The van der Waals surface area contributed by atoms with Gasteiger partial charge in [0, 0.05) is 18.2 Å². The van der Waals surface area contributed by atoms with Gasteiger partial charge >= 0.3 is 0 Å². The number of aryl methyl sites for hydroxylation is 1. The van der Waals surface area contributed by atoms with E-state index >= 15 is 0 Å². The SMILES string of the molecule is CC(CCc1ccccc1)NCc1ccccc1OCc1ccc(F)cc1.Cl. The molecule has 0 aromatic heterocycles. The van der Waals surface area contributed by atoms with Crippen LogP contribution in [0.15, 0.2) is 78.9 Å². The topological polar surface area (TPSA) is 21.3 Å². The number of halogens is 2.